The highest BCUT2D eigenvalue weighted by atomic mass is 16.5. The highest BCUT2D eigenvalue weighted by molar-refractivity contribution is 5.78. The van der Waals surface area contributed by atoms with Gasteiger partial charge in [-0.3, -0.25) is 9.69 Å². The molecule has 0 radical (unpaired) electrons. The van der Waals surface area contributed by atoms with Crippen molar-refractivity contribution in [2.75, 3.05) is 81.9 Å². The lowest BCUT2D eigenvalue weighted by molar-refractivity contribution is -0.131. The molecule has 1 amide bonds. The maximum atomic E-state index is 12.4. The number of hydrogen-bond donors (Lipinski definition) is 0. The second-order valence-electron chi connectivity index (χ2n) is 7.62. The fraction of sp³-hybridized carbons (Fsp3) is 0.737. The summed E-state index contributed by atoms with van der Waals surface area (Å²) < 4.78 is 5.45. The number of rotatable bonds is 4. The van der Waals surface area contributed by atoms with Crippen molar-refractivity contribution in [3.8, 4) is 0 Å². The van der Waals surface area contributed by atoms with E-state index in [0.717, 1.165) is 95.9 Å². The maximum absolute atomic E-state index is 12.4. The summed E-state index contributed by atoms with van der Waals surface area (Å²) in [6.07, 6.45) is 2.30. The number of aromatic nitrogens is 2. The van der Waals surface area contributed by atoms with E-state index in [4.69, 9.17) is 9.72 Å². The van der Waals surface area contributed by atoms with Crippen molar-refractivity contribution in [2.24, 2.45) is 0 Å². The molecule has 8 nitrogen and oxygen atoms in total. The Hall–Kier alpha value is -1.93. The standard InChI is InChI=1S/C19H30N6O2/c1-16-14-17(23-10-12-27-13-11-23)21-19(20-16)25-8-6-22(7-9-25)15-18(26)24-4-2-3-5-24/h14H,2-13,15H2,1H3. The SMILES string of the molecule is Cc1cc(N2CCOCC2)nc(N2CCN(CC(=O)N3CCCC3)CC2)n1. The number of morpholine rings is 1. The topological polar surface area (TPSA) is 65.0 Å². The summed E-state index contributed by atoms with van der Waals surface area (Å²) in [5.41, 5.74) is 0.994. The van der Waals surface area contributed by atoms with Crippen molar-refractivity contribution >= 4 is 17.7 Å². The van der Waals surface area contributed by atoms with Gasteiger partial charge in [0.2, 0.25) is 11.9 Å². The van der Waals surface area contributed by atoms with Crippen LogP contribution in [0.2, 0.25) is 0 Å². The molecule has 0 saturated carbocycles. The first kappa shape index (κ1) is 18.4. The molecule has 0 N–H and O–H groups in total. The molecular weight excluding hydrogens is 344 g/mol. The smallest absolute Gasteiger partial charge is 0.236 e. The summed E-state index contributed by atoms with van der Waals surface area (Å²) in [6.45, 7) is 11.2. The third kappa shape index (κ3) is 4.50. The fourth-order valence-corrected chi connectivity index (χ4v) is 4.00. The third-order valence-corrected chi connectivity index (χ3v) is 5.64. The van der Waals surface area contributed by atoms with Gasteiger partial charge < -0.3 is 19.4 Å². The minimum absolute atomic E-state index is 0.280. The van der Waals surface area contributed by atoms with Gasteiger partial charge in [-0.25, -0.2) is 4.98 Å². The minimum Gasteiger partial charge on any atom is -0.378 e. The Kier molecular flexibility index (Phi) is 5.73. The molecule has 27 heavy (non-hydrogen) atoms. The van der Waals surface area contributed by atoms with Crippen LogP contribution in [-0.4, -0.2) is 97.8 Å². The highest BCUT2D eigenvalue weighted by Gasteiger charge is 2.25. The number of nitrogens with zero attached hydrogens (tertiary/aromatic N) is 6. The van der Waals surface area contributed by atoms with Gasteiger partial charge in [0, 0.05) is 64.1 Å². The molecule has 0 aliphatic carbocycles. The van der Waals surface area contributed by atoms with Crippen LogP contribution in [0.15, 0.2) is 6.07 Å². The van der Waals surface area contributed by atoms with Crippen molar-refractivity contribution in [1.29, 1.82) is 0 Å². The van der Waals surface area contributed by atoms with Gasteiger partial charge in [0.05, 0.1) is 19.8 Å². The van der Waals surface area contributed by atoms with E-state index in [1.54, 1.807) is 0 Å². The average molecular weight is 374 g/mol. The number of likely N-dealkylation sites (tertiary alicyclic amines) is 1. The molecule has 4 heterocycles. The Balaban J connectivity index is 1.34. The molecule has 0 atom stereocenters. The summed E-state index contributed by atoms with van der Waals surface area (Å²) >= 11 is 0. The first-order valence-corrected chi connectivity index (χ1v) is 10.1. The van der Waals surface area contributed by atoms with Crippen molar-refractivity contribution in [3.63, 3.8) is 0 Å². The molecule has 8 heteroatoms. The van der Waals surface area contributed by atoms with Crippen LogP contribution in [0.4, 0.5) is 11.8 Å². The van der Waals surface area contributed by atoms with Gasteiger partial charge in [0.15, 0.2) is 0 Å². The Morgan fingerprint density at radius 2 is 1.67 bits per heavy atom. The Bertz CT molecular complexity index is 650. The zero-order chi connectivity index (χ0) is 18.6. The molecule has 4 rings (SSSR count). The molecule has 1 aromatic heterocycles. The second-order valence-corrected chi connectivity index (χ2v) is 7.62. The van der Waals surface area contributed by atoms with Gasteiger partial charge in [-0.1, -0.05) is 0 Å². The number of hydrogen-bond acceptors (Lipinski definition) is 7. The molecule has 0 bridgehead atoms. The van der Waals surface area contributed by atoms with Crippen LogP contribution < -0.4 is 9.80 Å². The Labute approximate surface area is 161 Å². The molecule has 3 aliphatic rings. The number of anilines is 2. The predicted octanol–water partition coefficient (Wildman–Crippen LogP) is 0.366. The van der Waals surface area contributed by atoms with Crippen LogP contribution in [0.5, 0.6) is 0 Å². The number of ether oxygens (including phenoxy) is 1. The molecule has 0 unspecified atom stereocenters. The summed E-state index contributed by atoms with van der Waals surface area (Å²) in [5.74, 6) is 2.08. The first-order valence-electron chi connectivity index (χ1n) is 10.1. The van der Waals surface area contributed by atoms with E-state index in [-0.39, 0.29) is 5.91 Å². The third-order valence-electron chi connectivity index (χ3n) is 5.64. The fourth-order valence-electron chi connectivity index (χ4n) is 4.00. The van der Waals surface area contributed by atoms with Crippen LogP contribution in [0.25, 0.3) is 0 Å². The molecule has 3 fully saturated rings. The molecule has 3 saturated heterocycles. The summed E-state index contributed by atoms with van der Waals surface area (Å²) in [7, 11) is 0. The predicted molar refractivity (Wildman–Crippen MR) is 104 cm³/mol. The van der Waals surface area contributed by atoms with Crippen LogP contribution in [-0.2, 0) is 9.53 Å². The highest BCUT2D eigenvalue weighted by Crippen LogP contribution is 2.20. The lowest BCUT2D eigenvalue weighted by atomic mass is 10.3. The normalized spacial score (nSPS) is 21.7. The lowest BCUT2D eigenvalue weighted by Crippen LogP contribution is -2.50. The van der Waals surface area contributed by atoms with E-state index in [0.29, 0.717) is 6.54 Å². The zero-order valence-electron chi connectivity index (χ0n) is 16.3. The van der Waals surface area contributed by atoms with Gasteiger partial charge in [-0.15, -0.1) is 0 Å². The zero-order valence-corrected chi connectivity index (χ0v) is 16.3. The van der Waals surface area contributed by atoms with E-state index < -0.39 is 0 Å². The monoisotopic (exact) mass is 374 g/mol. The number of aryl methyl sites for hydroxylation is 1. The van der Waals surface area contributed by atoms with Crippen molar-refractivity contribution < 1.29 is 9.53 Å². The molecular formula is C19H30N6O2. The molecule has 0 spiro atoms. The summed E-state index contributed by atoms with van der Waals surface area (Å²) in [6, 6.07) is 2.06. The van der Waals surface area contributed by atoms with Gasteiger partial charge in [0.25, 0.3) is 0 Å². The molecule has 148 valence electrons. The first-order chi connectivity index (χ1) is 13.2. The second kappa shape index (κ2) is 8.39. The van der Waals surface area contributed by atoms with Crippen LogP contribution in [0.1, 0.15) is 18.5 Å². The van der Waals surface area contributed by atoms with E-state index in [1.807, 2.05) is 11.8 Å². The number of carbonyl (C=O) groups excluding carboxylic acids is 1. The van der Waals surface area contributed by atoms with Crippen LogP contribution in [0, 0.1) is 6.92 Å². The Morgan fingerprint density at radius 1 is 0.963 bits per heavy atom. The lowest BCUT2D eigenvalue weighted by Gasteiger charge is -2.35. The quantitative estimate of drug-likeness (QED) is 0.754. The average Bonchev–Trinajstić information content (AvgIpc) is 3.24. The largest absolute Gasteiger partial charge is 0.378 e. The van der Waals surface area contributed by atoms with Crippen molar-refractivity contribution in [3.05, 3.63) is 11.8 Å². The number of amides is 1. The molecule has 0 aromatic carbocycles. The van der Waals surface area contributed by atoms with Gasteiger partial charge in [0.1, 0.15) is 5.82 Å². The van der Waals surface area contributed by atoms with E-state index in [2.05, 4.69) is 25.8 Å². The molecule has 3 aliphatic heterocycles. The van der Waals surface area contributed by atoms with E-state index in [9.17, 15) is 4.79 Å². The Morgan fingerprint density at radius 3 is 2.37 bits per heavy atom. The van der Waals surface area contributed by atoms with E-state index in [1.165, 1.54) is 0 Å². The van der Waals surface area contributed by atoms with Gasteiger partial charge in [-0.2, -0.15) is 4.98 Å². The van der Waals surface area contributed by atoms with Crippen LogP contribution >= 0.6 is 0 Å². The van der Waals surface area contributed by atoms with Gasteiger partial charge >= 0.3 is 0 Å². The number of carbonyl (C=O) groups is 1. The van der Waals surface area contributed by atoms with Gasteiger partial charge in [-0.05, 0) is 19.8 Å². The van der Waals surface area contributed by atoms with Crippen molar-refractivity contribution in [2.45, 2.75) is 19.8 Å². The summed E-state index contributed by atoms with van der Waals surface area (Å²) in [4.78, 5) is 30.6. The van der Waals surface area contributed by atoms with Crippen LogP contribution in [0.3, 0.4) is 0 Å². The maximum Gasteiger partial charge on any atom is 0.236 e. The minimum atomic E-state index is 0.280. The summed E-state index contributed by atoms with van der Waals surface area (Å²) in [5, 5.41) is 0. The van der Waals surface area contributed by atoms with E-state index >= 15 is 0 Å². The van der Waals surface area contributed by atoms with Crippen molar-refractivity contribution in [1.82, 2.24) is 19.8 Å². The number of piperazine rings is 1. The molecule has 1 aromatic rings.